The number of alkyl halides is 2. The number of aliphatic carboxylic acids is 1. The molecule has 0 radical (unpaired) electrons. The van der Waals surface area contributed by atoms with E-state index in [1.807, 2.05) is 0 Å². The lowest BCUT2D eigenvalue weighted by Crippen LogP contribution is -2.28. The molecule has 0 saturated carbocycles. The average molecular weight is 194 g/mol. The first-order chi connectivity index (χ1) is 5.73. The van der Waals surface area contributed by atoms with Crippen molar-refractivity contribution in [1.29, 1.82) is 0 Å². The number of hydrogen-bond donors (Lipinski definition) is 1. The maximum Gasteiger partial charge on any atom is 0.303 e. The van der Waals surface area contributed by atoms with Crippen LogP contribution in [0.1, 0.15) is 33.6 Å². The Balaban J connectivity index is 4.28. The molecule has 1 atom stereocenters. The second-order valence-electron chi connectivity index (χ2n) is 3.88. The summed E-state index contributed by atoms with van der Waals surface area (Å²) in [5.41, 5.74) is 0. The largest absolute Gasteiger partial charge is 0.481 e. The van der Waals surface area contributed by atoms with Gasteiger partial charge < -0.3 is 5.11 Å². The molecule has 78 valence electrons. The molecule has 1 N–H and O–H groups in total. The van der Waals surface area contributed by atoms with Crippen molar-refractivity contribution in [2.24, 2.45) is 11.8 Å². The van der Waals surface area contributed by atoms with Crippen LogP contribution in [0, 0.1) is 11.8 Å². The van der Waals surface area contributed by atoms with Gasteiger partial charge in [0.1, 0.15) is 0 Å². The van der Waals surface area contributed by atoms with Gasteiger partial charge in [0, 0.05) is 5.92 Å². The maximum atomic E-state index is 12.8. The lowest BCUT2D eigenvalue weighted by atomic mass is 9.89. The number of hydrogen-bond acceptors (Lipinski definition) is 1. The van der Waals surface area contributed by atoms with Crippen LogP contribution in [0.15, 0.2) is 0 Å². The third-order valence-corrected chi connectivity index (χ3v) is 1.89. The first-order valence-corrected chi connectivity index (χ1v) is 4.33. The Morgan fingerprint density at radius 2 is 1.92 bits per heavy atom. The zero-order valence-electron chi connectivity index (χ0n) is 8.18. The Hall–Kier alpha value is -0.670. The summed E-state index contributed by atoms with van der Waals surface area (Å²) in [6.45, 7) is 4.39. The zero-order valence-corrected chi connectivity index (χ0v) is 8.18. The van der Waals surface area contributed by atoms with Crippen LogP contribution in [-0.2, 0) is 4.79 Å². The average Bonchev–Trinajstić information content (AvgIpc) is 1.81. The van der Waals surface area contributed by atoms with E-state index < -0.39 is 24.2 Å². The van der Waals surface area contributed by atoms with Crippen molar-refractivity contribution in [2.75, 3.05) is 0 Å². The molecule has 0 fully saturated rings. The highest BCUT2D eigenvalue weighted by Gasteiger charge is 2.35. The molecule has 0 aromatic rings. The van der Waals surface area contributed by atoms with Gasteiger partial charge in [0.2, 0.25) is 5.92 Å². The molecule has 0 aliphatic rings. The first-order valence-electron chi connectivity index (χ1n) is 4.33. The molecule has 0 bridgehead atoms. The van der Waals surface area contributed by atoms with Crippen molar-refractivity contribution in [2.45, 2.75) is 39.5 Å². The van der Waals surface area contributed by atoms with E-state index >= 15 is 0 Å². The minimum atomic E-state index is -2.90. The minimum absolute atomic E-state index is 0.0928. The smallest absolute Gasteiger partial charge is 0.303 e. The van der Waals surface area contributed by atoms with Gasteiger partial charge in [0.05, 0.1) is 6.42 Å². The Bertz CT molecular complexity index is 173. The van der Waals surface area contributed by atoms with Crippen molar-refractivity contribution in [3.8, 4) is 0 Å². The molecular weight excluding hydrogens is 178 g/mol. The Morgan fingerprint density at radius 1 is 1.46 bits per heavy atom. The fourth-order valence-electron chi connectivity index (χ4n) is 1.25. The van der Waals surface area contributed by atoms with E-state index in [-0.39, 0.29) is 12.3 Å². The van der Waals surface area contributed by atoms with Crippen LogP contribution in [0.4, 0.5) is 8.78 Å². The standard InChI is InChI=1S/C9H16F2O2/c1-6(2)4-7(5-8(12)13)9(3,10)11/h6-7H,4-5H2,1-3H3,(H,12,13). The SMILES string of the molecule is CC(C)CC(CC(=O)O)C(C)(F)F. The third-order valence-electron chi connectivity index (χ3n) is 1.89. The number of carboxylic acid groups (broad SMARTS) is 1. The van der Waals surface area contributed by atoms with Gasteiger partial charge in [-0.25, -0.2) is 8.78 Å². The summed E-state index contributed by atoms with van der Waals surface area (Å²) < 4.78 is 25.7. The topological polar surface area (TPSA) is 37.3 Å². The van der Waals surface area contributed by atoms with E-state index in [1.54, 1.807) is 13.8 Å². The predicted molar refractivity (Wildman–Crippen MR) is 45.8 cm³/mol. The molecule has 0 rings (SSSR count). The third kappa shape index (κ3) is 5.55. The summed E-state index contributed by atoms with van der Waals surface area (Å²) in [5.74, 6) is -5.02. The van der Waals surface area contributed by atoms with Gasteiger partial charge in [0.15, 0.2) is 0 Å². The fourth-order valence-corrected chi connectivity index (χ4v) is 1.25. The van der Waals surface area contributed by atoms with Crippen LogP contribution >= 0.6 is 0 Å². The van der Waals surface area contributed by atoms with Crippen LogP contribution in [0.5, 0.6) is 0 Å². The van der Waals surface area contributed by atoms with Crippen LogP contribution in [0.2, 0.25) is 0 Å². The summed E-state index contributed by atoms with van der Waals surface area (Å²) in [5, 5.41) is 8.43. The number of carboxylic acids is 1. The molecule has 0 aliphatic carbocycles. The van der Waals surface area contributed by atoms with E-state index in [0.29, 0.717) is 0 Å². The Labute approximate surface area is 76.9 Å². The predicted octanol–water partition coefficient (Wildman–Crippen LogP) is 2.78. The van der Waals surface area contributed by atoms with Gasteiger partial charge in [-0.15, -0.1) is 0 Å². The lowest BCUT2D eigenvalue weighted by Gasteiger charge is -2.23. The Morgan fingerprint density at radius 3 is 2.15 bits per heavy atom. The highest BCUT2D eigenvalue weighted by atomic mass is 19.3. The molecular formula is C9H16F2O2. The molecule has 0 aromatic carbocycles. The summed E-state index contributed by atoms with van der Waals surface area (Å²) in [7, 11) is 0. The van der Waals surface area contributed by atoms with Crippen molar-refractivity contribution >= 4 is 5.97 Å². The number of rotatable bonds is 5. The minimum Gasteiger partial charge on any atom is -0.481 e. The summed E-state index contributed by atoms with van der Waals surface area (Å²) in [4.78, 5) is 10.3. The lowest BCUT2D eigenvalue weighted by molar-refractivity contribution is -0.142. The molecule has 0 amide bonds. The van der Waals surface area contributed by atoms with Crippen LogP contribution in [0.3, 0.4) is 0 Å². The van der Waals surface area contributed by atoms with Crippen molar-refractivity contribution in [3.05, 3.63) is 0 Å². The summed E-state index contributed by atoms with van der Waals surface area (Å²) in [6, 6.07) is 0. The maximum absolute atomic E-state index is 12.8. The molecule has 4 heteroatoms. The van der Waals surface area contributed by atoms with Crippen molar-refractivity contribution < 1.29 is 18.7 Å². The highest BCUT2D eigenvalue weighted by molar-refractivity contribution is 5.67. The van der Waals surface area contributed by atoms with Crippen molar-refractivity contribution in [3.63, 3.8) is 0 Å². The first kappa shape index (κ1) is 12.3. The van der Waals surface area contributed by atoms with Gasteiger partial charge in [-0.2, -0.15) is 0 Å². The van der Waals surface area contributed by atoms with Gasteiger partial charge in [-0.05, 0) is 19.3 Å². The summed E-state index contributed by atoms with van der Waals surface area (Å²) >= 11 is 0. The van der Waals surface area contributed by atoms with Crippen LogP contribution in [-0.4, -0.2) is 17.0 Å². The normalized spacial score (nSPS) is 14.6. The fraction of sp³-hybridized carbons (Fsp3) is 0.889. The van der Waals surface area contributed by atoms with E-state index in [0.717, 1.165) is 6.92 Å². The molecule has 0 aromatic heterocycles. The van der Waals surface area contributed by atoms with Crippen LogP contribution in [0.25, 0.3) is 0 Å². The van der Waals surface area contributed by atoms with Crippen molar-refractivity contribution in [1.82, 2.24) is 0 Å². The molecule has 0 saturated heterocycles. The second kappa shape index (κ2) is 4.53. The number of halogens is 2. The van der Waals surface area contributed by atoms with E-state index in [9.17, 15) is 13.6 Å². The quantitative estimate of drug-likeness (QED) is 0.730. The van der Waals surface area contributed by atoms with Gasteiger partial charge >= 0.3 is 5.97 Å². The number of carbonyl (C=O) groups is 1. The van der Waals surface area contributed by atoms with E-state index in [4.69, 9.17) is 5.11 Å². The Kier molecular flexibility index (Phi) is 4.30. The van der Waals surface area contributed by atoms with Gasteiger partial charge in [0.25, 0.3) is 0 Å². The monoisotopic (exact) mass is 194 g/mol. The van der Waals surface area contributed by atoms with Crippen LogP contribution < -0.4 is 0 Å². The molecule has 1 unspecified atom stereocenters. The highest BCUT2D eigenvalue weighted by Crippen LogP contribution is 2.31. The zero-order chi connectivity index (χ0) is 10.6. The van der Waals surface area contributed by atoms with E-state index in [1.165, 1.54) is 0 Å². The second-order valence-corrected chi connectivity index (χ2v) is 3.88. The molecule has 0 spiro atoms. The van der Waals surface area contributed by atoms with Gasteiger partial charge in [-0.1, -0.05) is 13.8 Å². The summed E-state index contributed by atoms with van der Waals surface area (Å²) in [6.07, 6.45) is -0.211. The molecule has 13 heavy (non-hydrogen) atoms. The molecule has 2 nitrogen and oxygen atoms in total. The van der Waals surface area contributed by atoms with Gasteiger partial charge in [-0.3, -0.25) is 4.79 Å². The molecule has 0 aliphatic heterocycles. The molecule has 0 heterocycles. The van der Waals surface area contributed by atoms with E-state index in [2.05, 4.69) is 0 Å².